The van der Waals surface area contributed by atoms with Gasteiger partial charge in [0.2, 0.25) is 0 Å². The van der Waals surface area contributed by atoms with Gasteiger partial charge in [-0.1, -0.05) is 26.2 Å². The van der Waals surface area contributed by atoms with E-state index in [9.17, 15) is 4.79 Å². The van der Waals surface area contributed by atoms with Crippen molar-refractivity contribution in [3.8, 4) is 0 Å². The van der Waals surface area contributed by atoms with Gasteiger partial charge < -0.3 is 4.74 Å². The summed E-state index contributed by atoms with van der Waals surface area (Å²) in [6.45, 7) is 4.13. The summed E-state index contributed by atoms with van der Waals surface area (Å²) in [4.78, 5) is 15.8. The van der Waals surface area contributed by atoms with Gasteiger partial charge in [0.25, 0.3) is 0 Å². The van der Waals surface area contributed by atoms with E-state index in [1.54, 1.807) is 18.3 Å². The van der Waals surface area contributed by atoms with Crippen molar-refractivity contribution in [1.82, 2.24) is 4.98 Å². The molecule has 1 atom stereocenters. The average molecular weight is 314 g/mol. The van der Waals surface area contributed by atoms with Crippen molar-refractivity contribution >= 4 is 21.9 Å². The standard InChI is InChI=1S/C14H20BrNO2/c1-3-4-5-6-7-11(2)18-14(17)12-8-9-16-13(15)10-12/h8-11H,3-7H2,1-2H3. The average Bonchev–Trinajstić information content (AvgIpc) is 2.34. The van der Waals surface area contributed by atoms with Crippen LogP contribution >= 0.6 is 15.9 Å². The van der Waals surface area contributed by atoms with Crippen molar-refractivity contribution in [2.45, 2.75) is 52.1 Å². The first-order chi connectivity index (χ1) is 8.63. The van der Waals surface area contributed by atoms with Gasteiger partial charge in [0.05, 0.1) is 11.7 Å². The van der Waals surface area contributed by atoms with Gasteiger partial charge >= 0.3 is 5.97 Å². The number of unbranched alkanes of at least 4 members (excludes halogenated alkanes) is 3. The monoisotopic (exact) mass is 313 g/mol. The quantitative estimate of drug-likeness (QED) is 0.426. The predicted molar refractivity (Wildman–Crippen MR) is 75.6 cm³/mol. The second-order valence-corrected chi connectivity index (χ2v) is 5.24. The highest BCUT2D eigenvalue weighted by molar-refractivity contribution is 9.10. The van der Waals surface area contributed by atoms with Gasteiger partial charge in [0.15, 0.2) is 0 Å². The van der Waals surface area contributed by atoms with Gasteiger partial charge in [0.1, 0.15) is 4.60 Å². The van der Waals surface area contributed by atoms with E-state index >= 15 is 0 Å². The number of nitrogens with zero attached hydrogens (tertiary/aromatic N) is 1. The number of rotatable bonds is 7. The fourth-order valence-electron chi connectivity index (χ4n) is 1.70. The van der Waals surface area contributed by atoms with Gasteiger partial charge in [-0.25, -0.2) is 9.78 Å². The smallest absolute Gasteiger partial charge is 0.338 e. The molecule has 0 amide bonds. The summed E-state index contributed by atoms with van der Waals surface area (Å²) >= 11 is 3.24. The molecule has 1 aromatic heterocycles. The summed E-state index contributed by atoms with van der Waals surface area (Å²) in [5, 5.41) is 0. The molecule has 4 heteroatoms. The van der Waals surface area contributed by atoms with Crippen LogP contribution in [0.2, 0.25) is 0 Å². The van der Waals surface area contributed by atoms with Crippen LogP contribution in [-0.4, -0.2) is 17.1 Å². The zero-order valence-corrected chi connectivity index (χ0v) is 12.6. The van der Waals surface area contributed by atoms with E-state index < -0.39 is 0 Å². The fraction of sp³-hybridized carbons (Fsp3) is 0.571. The van der Waals surface area contributed by atoms with E-state index in [1.807, 2.05) is 6.92 Å². The third kappa shape index (κ3) is 5.63. The molecule has 0 radical (unpaired) electrons. The van der Waals surface area contributed by atoms with Crippen LogP contribution in [0.4, 0.5) is 0 Å². The molecule has 0 aliphatic heterocycles. The van der Waals surface area contributed by atoms with Crippen LogP contribution in [-0.2, 0) is 4.74 Å². The summed E-state index contributed by atoms with van der Waals surface area (Å²) < 4.78 is 6.03. The topological polar surface area (TPSA) is 39.2 Å². The Hall–Kier alpha value is -0.900. The minimum atomic E-state index is -0.277. The molecular formula is C14H20BrNO2. The number of aromatic nitrogens is 1. The van der Waals surface area contributed by atoms with Crippen molar-refractivity contribution in [1.29, 1.82) is 0 Å². The van der Waals surface area contributed by atoms with E-state index in [-0.39, 0.29) is 12.1 Å². The van der Waals surface area contributed by atoms with Gasteiger partial charge in [-0.2, -0.15) is 0 Å². The molecule has 0 N–H and O–H groups in total. The van der Waals surface area contributed by atoms with Crippen LogP contribution in [0.15, 0.2) is 22.9 Å². The molecule has 1 rings (SSSR count). The Kier molecular flexibility index (Phi) is 6.94. The Bertz CT molecular complexity index is 382. The minimum Gasteiger partial charge on any atom is -0.459 e. The largest absolute Gasteiger partial charge is 0.459 e. The third-order valence-electron chi connectivity index (χ3n) is 2.73. The van der Waals surface area contributed by atoms with Gasteiger partial charge in [-0.15, -0.1) is 0 Å². The maximum Gasteiger partial charge on any atom is 0.338 e. The maximum absolute atomic E-state index is 11.8. The lowest BCUT2D eigenvalue weighted by molar-refractivity contribution is 0.0319. The van der Waals surface area contributed by atoms with E-state index in [0.717, 1.165) is 12.8 Å². The Morgan fingerprint density at radius 1 is 1.44 bits per heavy atom. The van der Waals surface area contributed by atoms with E-state index in [4.69, 9.17) is 4.74 Å². The number of pyridine rings is 1. The molecule has 3 nitrogen and oxygen atoms in total. The molecule has 1 heterocycles. The highest BCUT2D eigenvalue weighted by Gasteiger charge is 2.12. The van der Waals surface area contributed by atoms with E-state index in [1.165, 1.54) is 19.3 Å². The molecule has 1 unspecified atom stereocenters. The first-order valence-electron chi connectivity index (χ1n) is 6.46. The number of carbonyl (C=O) groups excluding carboxylic acids is 1. The fourth-order valence-corrected chi connectivity index (χ4v) is 2.06. The second kappa shape index (κ2) is 8.25. The van der Waals surface area contributed by atoms with Gasteiger partial charge in [0, 0.05) is 6.20 Å². The third-order valence-corrected chi connectivity index (χ3v) is 3.17. The molecule has 1 aromatic rings. The molecule has 0 aliphatic rings. The number of hydrogen-bond donors (Lipinski definition) is 0. The summed E-state index contributed by atoms with van der Waals surface area (Å²) in [6, 6.07) is 3.34. The highest BCUT2D eigenvalue weighted by Crippen LogP contribution is 2.13. The summed E-state index contributed by atoms with van der Waals surface area (Å²) in [6.07, 6.45) is 7.28. The molecule has 0 aromatic carbocycles. The Morgan fingerprint density at radius 2 is 2.22 bits per heavy atom. The highest BCUT2D eigenvalue weighted by atomic mass is 79.9. The Labute approximate surface area is 117 Å². The molecule has 18 heavy (non-hydrogen) atoms. The van der Waals surface area contributed by atoms with Crippen LogP contribution in [0.3, 0.4) is 0 Å². The number of esters is 1. The zero-order chi connectivity index (χ0) is 13.4. The Morgan fingerprint density at radius 3 is 2.89 bits per heavy atom. The lowest BCUT2D eigenvalue weighted by atomic mass is 10.1. The van der Waals surface area contributed by atoms with E-state index in [0.29, 0.717) is 10.2 Å². The van der Waals surface area contributed by atoms with Crippen LogP contribution in [0, 0.1) is 0 Å². The molecule has 0 aliphatic carbocycles. The van der Waals surface area contributed by atoms with Crippen LogP contribution < -0.4 is 0 Å². The van der Waals surface area contributed by atoms with Crippen molar-refractivity contribution in [2.24, 2.45) is 0 Å². The molecule has 0 bridgehead atoms. The number of ether oxygens (including phenoxy) is 1. The van der Waals surface area contributed by atoms with Crippen molar-refractivity contribution in [3.63, 3.8) is 0 Å². The summed E-state index contributed by atoms with van der Waals surface area (Å²) in [7, 11) is 0. The van der Waals surface area contributed by atoms with E-state index in [2.05, 4.69) is 27.8 Å². The summed E-state index contributed by atoms with van der Waals surface area (Å²) in [5.41, 5.74) is 0.539. The van der Waals surface area contributed by atoms with Gasteiger partial charge in [-0.05, 0) is 47.8 Å². The van der Waals surface area contributed by atoms with Crippen molar-refractivity contribution in [2.75, 3.05) is 0 Å². The lowest BCUT2D eigenvalue weighted by Gasteiger charge is -2.13. The molecule has 0 saturated heterocycles. The molecule has 0 spiro atoms. The van der Waals surface area contributed by atoms with Crippen molar-refractivity contribution in [3.05, 3.63) is 28.5 Å². The predicted octanol–water partition coefficient (Wildman–Crippen LogP) is 4.36. The minimum absolute atomic E-state index is 0.0266. The molecule has 0 fully saturated rings. The Balaban J connectivity index is 2.35. The second-order valence-electron chi connectivity index (χ2n) is 4.43. The van der Waals surface area contributed by atoms with Crippen LogP contribution in [0.25, 0.3) is 0 Å². The summed E-state index contributed by atoms with van der Waals surface area (Å²) in [5.74, 6) is -0.277. The first-order valence-corrected chi connectivity index (χ1v) is 7.25. The van der Waals surface area contributed by atoms with Crippen LogP contribution in [0.5, 0.6) is 0 Å². The lowest BCUT2D eigenvalue weighted by Crippen LogP contribution is -2.15. The zero-order valence-electron chi connectivity index (χ0n) is 11.0. The maximum atomic E-state index is 11.8. The molecule has 0 saturated carbocycles. The molecule has 100 valence electrons. The number of hydrogen-bond acceptors (Lipinski definition) is 3. The molecular weight excluding hydrogens is 294 g/mol. The first kappa shape index (κ1) is 15.2. The number of carbonyl (C=O) groups is 1. The SMILES string of the molecule is CCCCCCC(C)OC(=O)c1ccnc(Br)c1. The number of halogens is 1. The van der Waals surface area contributed by atoms with Gasteiger partial charge in [-0.3, -0.25) is 0 Å². The van der Waals surface area contributed by atoms with Crippen molar-refractivity contribution < 1.29 is 9.53 Å². The van der Waals surface area contributed by atoms with Crippen LogP contribution in [0.1, 0.15) is 56.3 Å². The normalized spacial score (nSPS) is 12.2.